The van der Waals surface area contributed by atoms with E-state index in [0.29, 0.717) is 17.9 Å². The molecule has 5 rings (SSSR count). The molecule has 0 saturated carbocycles. The van der Waals surface area contributed by atoms with Crippen molar-refractivity contribution in [1.29, 1.82) is 0 Å². The molecule has 2 N–H and O–H groups in total. The quantitative estimate of drug-likeness (QED) is 0.350. The normalized spacial score (nSPS) is 22.4. The third-order valence-electron chi connectivity index (χ3n) is 6.49. The summed E-state index contributed by atoms with van der Waals surface area (Å²) >= 11 is 0. The van der Waals surface area contributed by atoms with E-state index in [-0.39, 0.29) is 24.0 Å². The Morgan fingerprint density at radius 1 is 1.24 bits per heavy atom. The van der Waals surface area contributed by atoms with Crippen molar-refractivity contribution in [3.63, 3.8) is 0 Å². The second kappa shape index (κ2) is 8.41. The molecule has 3 aromatic rings. The van der Waals surface area contributed by atoms with Crippen LogP contribution in [-0.2, 0) is 14.3 Å². The summed E-state index contributed by atoms with van der Waals surface area (Å²) in [5.74, 6) is -1.14. The van der Waals surface area contributed by atoms with E-state index in [1.165, 1.54) is 7.11 Å². The van der Waals surface area contributed by atoms with Crippen molar-refractivity contribution in [3.05, 3.63) is 70.9 Å². The number of nitrogens with one attached hydrogen (secondary N) is 1. The number of fused-ring (bicyclic) bond motifs is 1. The number of rotatable bonds is 5. The molecule has 2 atom stereocenters. The van der Waals surface area contributed by atoms with E-state index in [0.717, 1.165) is 34.9 Å². The number of aryl methyl sites for hydroxylation is 1. The summed E-state index contributed by atoms with van der Waals surface area (Å²) in [6.45, 7) is 2.83. The number of hydrogen-bond donors (Lipinski definition) is 2. The highest BCUT2D eigenvalue weighted by Gasteiger charge is 2.48. The number of ketones is 1. The van der Waals surface area contributed by atoms with E-state index in [9.17, 15) is 14.7 Å². The second-order valence-corrected chi connectivity index (χ2v) is 8.58. The minimum absolute atomic E-state index is 0.0617. The minimum Gasteiger partial charge on any atom is -0.507 e. The molecule has 2 aliphatic heterocycles. The van der Waals surface area contributed by atoms with Gasteiger partial charge in [-0.3, -0.25) is 9.59 Å². The fourth-order valence-corrected chi connectivity index (χ4v) is 4.87. The van der Waals surface area contributed by atoms with Gasteiger partial charge in [0.25, 0.3) is 11.7 Å². The van der Waals surface area contributed by atoms with Crippen LogP contribution in [0.3, 0.4) is 0 Å². The van der Waals surface area contributed by atoms with Gasteiger partial charge in [0.2, 0.25) is 0 Å². The van der Waals surface area contributed by atoms with E-state index in [1.54, 1.807) is 17.0 Å². The summed E-state index contributed by atoms with van der Waals surface area (Å²) in [4.78, 5) is 31.3. The first-order chi connectivity index (χ1) is 16.0. The van der Waals surface area contributed by atoms with Crippen LogP contribution in [0.25, 0.3) is 16.7 Å². The summed E-state index contributed by atoms with van der Waals surface area (Å²) in [5.41, 5.74) is 3.00. The Morgan fingerprint density at radius 2 is 2.06 bits per heavy atom. The Labute approximate surface area is 191 Å². The van der Waals surface area contributed by atoms with Crippen LogP contribution in [0.4, 0.5) is 0 Å². The zero-order chi connectivity index (χ0) is 23.1. The van der Waals surface area contributed by atoms with Crippen LogP contribution in [0.2, 0.25) is 0 Å². The molecule has 2 saturated heterocycles. The molecule has 0 radical (unpaired) electrons. The first kappa shape index (κ1) is 21.3. The fraction of sp³-hybridized carbons (Fsp3) is 0.308. The largest absolute Gasteiger partial charge is 0.507 e. The van der Waals surface area contributed by atoms with E-state index >= 15 is 0 Å². The maximum Gasteiger partial charge on any atom is 0.295 e. The van der Waals surface area contributed by atoms with Gasteiger partial charge in [0.1, 0.15) is 11.5 Å². The average Bonchev–Trinajstić information content (AvgIpc) is 3.54. The number of aliphatic hydroxyl groups is 1. The Bertz CT molecular complexity index is 1270. The van der Waals surface area contributed by atoms with Crippen molar-refractivity contribution in [2.24, 2.45) is 0 Å². The first-order valence-electron chi connectivity index (χ1n) is 11.1. The second-order valence-electron chi connectivity index (χ2n) is 8.58. The SMILES string of the molecule is COc1ccc(C)cc1/C(O)=C1\C(=O)C(=O)N(CC2CCCO2)C1c1c[nH]c2ccccc12. The van der Waals surface area contributed by atoms with E-state index < -0.39 is 17.7 Å². The highest BCUT2D eigenvalue weighted by molar-refractivity contribution is 6.46. The molecule has 2 aromatic carbocycles. The highest BCUT2D eigenvalue weighted by atomic mass is 16.5. The van der Waals surface area contributed by atoms with Crippen molar-refractivity contribution < 1.29 is 24.2 Å². The van der Waals surface area contributed by atoms with Gasteiger partial charge in [-0.1, -0.05) is 29.8 Å². The number of aliphatic hydroxyl groups excluding tert-OH is 1. The lowest BCUT2D eigenvalue weighted by atomic mass is 9.94. The standard InChI is InChI=1S/C26H26N2O5/c1-15-9-10-21(32-2)18(12-15)24(29)22-23(19-13-27-20-8-4-3-7-17(19)20)28(26(31)25(22)30)14-16-6-5-11-33-16/h3-4,7-10,12-13,16,23,27,29H,5-6,11,14H2,1-2H3/b24-22+. The molecule has 170 valence electrons. The van der Waals surface area contributed by atoms with Crippen LogP contribution in [-0.4, -0.2) is 53.0 Å². The summed E-state index contributed by atoms with van der Waals surface area (Å²) in [5, 5.41) is 12.3. The van der Waals surface area contributed by atoms with Gasteiger partial charge in [0.15, 0.2) is 0 Å². The van der Waals surface area contributed by atoms with Crippen molar-refractivity contribution in [2.75, 3.05) is 20.3 Å². The lowest BCUT2D eigenvalue weighted by Crippen LogP contribution is -2.36. The number of carbonyl (C=O) groups excluding carboxylic acids is 2. The number of aromatic amines is 1. The van der Waals surface area contributed by atoms with Gasteiger partial charge >= 0.3 is 0 Å². The number of H-pyrrole nitrogens is 1. The van der Waals surface area contributed by atoms with Gasteiger partial charge in [0.05, 0.1) is 30.4 Å². The number of aromatic nitrogens is 1. The molecule has 7 nitrogen and oxygen atoms in total. The van der Waals surface area contributed by atoms with Crippen molar-refractivity contribution in [2.45, 2.75) is 31.9 Å². The molecule has 0 spiro atoms. The number of Topliss-reactive ketones (excluding diaryl/α,β-unsaturated/α-hetero) is 1. The predicted octanol–water partition coefficient (Wildman–Crippen LogP) is 4.09. The molecule has 1 aromatic heterocycles. The van der Waals surface area contributed by atoms with Gasteiger partial charge in [-0.15, -0.1) is 0 Å². The zero-order valence-corrected chi connectivity index (χ0v) is 18.6. The Balaban J connectivity index is 1.71. The van der Waals surface area contributed by atoms with Crippen LogP contribution in [0.5, 0.6) is 5.75 Å². The Kier molecular flexibility index (Phi) is 5.42. The van der Waals surface area contributed by atoms with Crippen molar-refractivity contribution >= 4 is 28.4 Å². The number of amides is 1. The molecule has 0 bridgehead atoms. The van der Waals surface area contributed by atoms with Gasteiger partial charge in [-0.2, -0.15) is 0 Å². The zero-order valence-electron chi connectivity index (χ0n) is 18.6. The fourth-order valence-electron chi connectivity index (χ4n) is 4.87. The summed E-state index contributed by atoms with van der Waals surface area (Å²) in [7, 11) is 1.51. The molecule has 7 heteroatoms. The molecular formula is C26H26N2O5. The van der Waals surface area contributed by atoms with Crippen LogP contribution in [0.1, 0.15) is 35.6 Å². The monoisotopic (exact) mass is 446 g/mol. The van der Waals surface area contributed by atoms with E-state index in [4.69, 9.17) is 9.47 Å². The Morgan fingerprint density at radius 3 is 2.82 bits per heavy atom. The molecule has 2 aliphatic rings. The molecule has 3 heterocycles. The number of likely N-dealkylation sites (tertiary alicyclic amines) is 1. The van der Waals surface area contributed by atoms with Crippen LogP contribution in [0, 0.1) is 6.92 Å². The highest BCUT2D eigenvalue weighted by Crippen LogP contribution is 2.43. The van der Waals surface area contributed by atoms with Gasteiger partial charge < -0.3 is 24.5 Å². The Hall–Kier alpha value is -3.58. The summed E-state index contributed by atoms with van der Waals surface area (Å²) in [6.07, 6.45) is 3.43. The van der Waals surface area contributed by atoms with Gasteiger partial charge in [-0.05, 0) is 38.0 Å². The van der Waals surface area contributed by atoms with E-state index in [2.05, 4.69) is 4.98 Å². The molecule has 2 fully saturated rings. The van der Waals surface area contributed by atoms with Crippen LogP contribution >= 0.6 is 0 Å². The lowest BCUT2D eigenvalue weighted by Gasteiger charge is -2.27. The average molecular weight is 447 g/mol. The van der Waals surface area contributed by atoms with Crippen LogP contribution < -0.4 is 4.74 Å². The molecule has 2 unspecified atom stereocenters. The summed E-state index contributed by atoms with van der Waals surface area (Å²) in [6, 6.07) is 12.3. The first-order valence-corrected chi connectivity index (χ1v) is 11.1. The number of hydrogen-bond acceptors (Lipinski definition) is 5. The van der Waals surface area contributed by atoms with Gasteiger partial charge in [-0.25, -0.2) is 0 Å². The molecule has 0 aliphatic carbocycles. The van der Waals surface area contributed by atoms with Crippen molar-refractivity contribution in [1.82, 2.24) is 9.88 Å². The van der Waals surface area contributed by atoms with Gasteiger partial charge in [0, 0.05) is 35.8 Å². The molecular weight excluding hydrogens is 420 g/mol. The smallest absolute Gasteiger partial charge is 0.295 e. The predicted molar refractivity (Wildman–Crippen MR) is 124 cm³/mol. The number of benzene rings is 2. The summed E-state index contributed by atoms with van der Waals surface area (Å²) < 4.78 is 11.2. The number of ether oxygens (including phenoxy) is 2. The lowest BCUT2D eigenvalue weighted by molar-refractivity contribution is -0.140. The topological polar surface area (TPSA) is 91.9 Å². The van der Waals surface area contributed by atoms with Crippen LogP contribution in [0.15, 0.2) is 54.2 Å². The maximum absolute atomic E-state index is 13.3. The third kappa shape index (κ3) is 3.58. The van der Waals surface area contributed by atoms with E-state index in [1.807, 2.05) is 43.5 Å². The number of para-hydroxylation sites is 1. The minimum atomic E-state index is -0.740. The number of nitrogens with zero attached hydrogens (tertiary/aromatic N) is 1. The van der Waals surface area contributed by atoms with Crippen molar-refractivity contribution in [3.8, 4) is 5.75 Å². The maximum atomic E-state index is 13.3. The molecule has 33 heavy (non-hydrogen) atoms. The number of methoxy groups -OCH3 is 1. The number of carbonyl (C=O) groups is 2. The third-order valence-corrected chi connectivity index (χ3v) is 6.49. The molecule has 1 amide bonds.